The molecule has 46 heavy (non-hydrogen) atoms. The Labute approximate surface area is 259 Å². The van der Waals surface area contributed by atoms with Crippen LogP contribution in [0.5, 0.6) is 0 Å². The summed E-state index contributed by atoms with van der Waals surface area (Å²) in [6.07, 6.45) is -6.64. The van der Waals surface area contributed by atoms with Crippen LogP contribution in [-0.2, 0) is 28.4 Å². The van der Waals surface area contributed by atoms with E-state index >= 15 is 0 Å². The van der Waals surface area contributed by atoms with Crippen LogP contribution >= 0.6 is 0 Å². The number of carbonyl (C=O) groups excluding carboxylic acids is 1. The van der Waals surface area contributed by atoms with Gasteiger partial charge in [-0.1, -0.05) is 42.5 Å². The molecule has 0 radical (unpaired) electrons. The van der Waals surface area contributed by atoms with Crippen molar-refractivity contribution in [3.63, 3.8) is 0 Å². The number of carbonyl (C=O) groups is 1. The first-order chi connectivity index (χ1) is 21.8. The summed E-state index contributed by atoms with van der Waals surface area (Å²) >= 11 is 0. The van der Waals surface area contributed by atoms with Crippen molar-refractivity contribution >= 4 is 11.5 Å². The number of fused-ring (bicyclic) bond motifs is 1. The average Bonchev–Trinajstić information content (AvgIpc) is 3.62. The summed E-state index contributed by atoms with van der Waals surface area (Å²) in [7, 11) is 0. The van der Waals surface area contributed by atoms with E-state index < -0.39 is 53.5 Å². The Kier molecular flexibility index (Phi) is 8.26. The molecule has 2 aliphatic heterocycles. The molecular weight excluding hydrogens is 615 g/mol. The SMILES string of the molecule is C[C@@H](OC1CN2C(=O)C=C(c3cnn(Cc4ccccc4)c3)CC2[C@@H]1c1ccc(F)cc1)c1cc(C(F)(F)F)cc(C(F)(F)F)c1. The smallest absolute Gasteiger partial charge is 0.368 e. The van der Waals surface area contributed by atoms with E-state index in [0.29, 0.717) is 30.7 Å². The molecule has 0 N–H and O–H groups in total. The summed E-state index contributed by atoms with van der Waals surface area (Å²) in [5.41, 5.74) is -0.0588. The van der Waals surface area contributed by atoms with Crippen molar-refractivity contribution in [1.82, 2.24) is 14.7 Å². The first-order valence-electron chi connectivity index (χ1n) is 14.5. The Hall–Kier alpha value is -4.45. The molecule has 12 heteroatoms. The largest absolute Gasteiger partial charge is 0.416 e. The van der Waals surface area contributed by atoms with Gasteiger partial charge in [-0.25, -0.2) is 4.39 Å². The minimum absolute atomic E-state index is 0.0397. The Morgan fingerprint density at radius 3 is 2.22 bits per heavy atom. The fraction of sp³-hybridized carbons (Fsp3) is 0.294. The minimum atomic E-state index is -5.01. The van der Waals surface area contributed by atoms with Gasteiger partial charge >= 0.3 is 12.4 Å². The predicted octanol–water partition coefficient (Wildman–Crippen LogP) is 8.04. The molecule has 2 unspecified atom stereocenters. The number of hydrogen-bond donors (Lipinski definition) is 0. The van der Waals surface area contributed by atoms with Crippen molar-refractivity contribution in [3.8, 4) is 0 Å². The topological polar surface area (TPSA) is 47.4 Å². The lowest BCUT2D eigenvalue weighted by Gasteiger charge is -2.32. The van der Waals surface area contributed by atoms with Gasteiger partial charge in [0.1, 0.15) is 5.82 Å². The summed E-state index contributed by atoms with van der Waals surface area (Å²) in [6, 6.07) is 16.2. The molecule has 0 aliphatic carbocycles. The number of nitrogens with zero attached hydrogens (tertiary/aromatic N) is 3. The van der Waals surface area contributed by atoms with Gasteiger partial charge in [0.2, 0.25) is 5.91 Å². The van der Waals surface area contributed by atoms with Crippen LogP contribution in [-0.4, -0.2) is 39.3 Å². The maximum absolute atomic E-state index is 13.9. The van der Waals surface area contributed by atoms with Crippen molar-refractivity contribution in [2.24, 2.45) is 0 Å². The molecule has 1 saturated heterocycles. The van der Waals surface area contributed by atoms with Crippen molar-refractivity contribution in [3.05, 3.63) is 130 Å². The number of aromatic nitrogens is 2. The van der Waals surface area contributed by atoms with Gasteiger partial charge in [0, 0.05) is 36.3 Å². The third kappa shape index (κ3) is 6.57. The van der Waals surface area contributed by atoms with Crippen LogP contribution in [0.2, 0.25) is 0 Å². The highest BCUT2D eigenvalue weighted by molar-refractivity contribution is 5.97. The van der Waals surface area contributed by atoms with E-state index in [1.54, 1.807) is 27.9 Å². The molecule has 4 atom stereocenters. The van der Waals surface area contributed by atoms with Crippen molar-refractivity contribution in [2.75, 3.05) is 6.54 Å². The second kappa shape index (κ2) is 12.1. The zero-order valence-electron chi connectivity index (χ0n) is 24.4. The van der Waals surface area contributed by atoms with E-state index in [-0.39, 0.29) is 24.1 Å². The molecule has 1 amide bonds. The van der Waals surface area contributed by atoms with Gasteiger partial charge in [0.15, 0.2) is 0 Å². The highest BCUT2D eigenvalue weighted by Crippen LogP contribution is 2.45. The quantitative estimate of drug-likeness (QED) is 0.192. The van der Waals surface area contributed by atoms with Gasteiger partial charge in [0.25, 0.3) is 0 Å². The minimum Gasteiger partial charge on any atom is -0.368 e. The maximum atomic E-state index is 13.9. The molecule has 0 bridgehead atoms. The molecule has 0 spiro atoms. The van der Waals surface area contributed by atoms with E-state index in [0.717, 1.165) is 16.7 Å². The molecule has 2 aliphatic rings. The molecule has 6 rings (SSSR count). The second-order valence-electron chi connectivity index (χ2n) is 11.6. The van der Waals surface area contributed by atoms with E-state index in [4.69, 9.17) is 4.74 Å². The molecule has 4 aromatic rings. The van der Waals surface area contributed by atoms with Crippen LogP contribution in [0.15, 0.2) is 91.3 Å². The summed E-state index contributed by atoms with van der Waals surface area (Å²) in [5, 5.41) is 4.45. The predicted molar refractivity (Wildman–Crippen MR) is 155 cm³/mol. The van der Waals surface area contributed by atoms with E-state index in [9.17, 15) is 35.5 Å². The van der Waals surface area contributed by atoms with Crippen LogP contribution in [0.25, 0.3) is 5.57 Å². The Balaban J connectivity index is 1.29. The summed E-state index contributed by atoms with van der Waals surface area (Å²) in [5.74, 6) is -1.35. The zero-order valence-corrected chi connectivity index (χ0v) is 24.4. The van der Waals surface area contributed by atoms with Crippen LogP contribution in [0.1, 0.15) is 58.7 Å². The lowest BCUT2D eigenvalue weighted by atomic mass is 9.84. The Bertz CT molecular complexity index is 1710. The van der Waals surface area contributed by atoms with Crippen molar-refractivity contribution < 1.29 is 40.3 Å². The van der Waals surface area contributed by atoms with E-state index in [1.165, 1.54) is 25.1 Å². The standard InChI is InChI=1S/C34H28F7N3O2/c1-20(23-11-26(33(36,37)38)15-27(12-23)34(39,40)41)46-30-19-44-29(32(30)22-7-9-28(35)10-8-22)13-24(14-31(44)45)25-16-42-43(18-25)17-21-5-3-2-4-6-21/h2-12,14-16,18,20,29-30,32H,13,17,19H2,1H3/t20-,29?,30?,32+/m1/s1. The summed E-state index contributed by atoms with van der Waals surface area (Å²) < 4.78 is 103. The van der Waals surface area contributed by atoms with Gasteiger partial charge in [0.05, 0.1) is 36.1 Å². The molecule has 1 fully saturated rings. The first-order valence-corrected chi connectivity index (χ1v) is 14.5. The third-order valence-electron chi connectivity index (χ3n) is 8.51. The fourth-order valence-corrected chi connectivity index (χ4v) is 6.28. The monoisotopic (exact) mass is 643 g/mol. The fourth-order valence-electron chi connectivity index (χ4n) is 6.28. The normalized spacial score (nSPS) is 20.9. The third-order valence-corrected chi connectivity index (χ3v) is 8.51. The van der Waals surface area contributed by atoms with Gasteiger partial charge in [-0.05, 0) is 65.9 Å². The number of hydrogen-bond acceptors (Lipinski definition) is 3. The first kappa shape index (κ1) is 31.5. The van der Waals surface area contributed by atoms with Gasteiger partial charge in [-0.3, -0.25) is 9.48 Å². The molecule has 3 heterocycles. The number of amides is 1. The van der Waals surface area contributed by atoms with E-state index in [2.05, 4.69) is 5.10 Å². The van der Waals surface area contributed by atoms with Crippen LogP contribution in [0.3, 0.4) is 0 Å². The van der Waals surface area contributed by atoms with Crippen molar-refractivity contribution in [1.29, 1.82) is 0 Å². The van der Waals surface area contributed by atoms with Gasteiger partial charge < -0.3 is 9.64 Å². The lowest BCUT2D eigenvalue weighted by Crippen LogP contribution is -2.39. The number of alkyl halides is 6. The number of benzene rings is 3. The lowest BCUT2D eigenvalue weighted by molar-refractivity contribution is -0.143. The highest BCUT2D eigenvalue weighted by atomic mass is 19.4. The Morgan fingerprint density at radius 1 is 0.935 bits per heavy atom. The summed E-state index contributed by atoms with van der Waals surface area (Å²) in [4.78, 5) is 15.1. The van der Waals surface area contributed by atoms with Gasteiger partial charge in [-0.15, -0.1) is 0 Å². The molecule has 5 nitrogen and oxygen atoms in total. The maximum Gasteiger partial charge on any atom is 0.416 e. The number of rotatable bonds is 7. The number of ether oxygens (including phenoxy) is 1. The zero-order chi connectivity index (χ0) is 32.8. The molecular formula is C34H28F7N3O2. The molecule has 1 aromatic heterocycles. The molecule has 240 valence electrons. The Morgan fingerprint density at radius 2 is 1.59 bits per heavy atom. The van der Waals surface area contributed by atoms with Crippen LogP contribution in [0, 0.1) is 5.82 Å². The van der Waals surface area contributed by atoms with E-state index in [1.807, 2.05) is 36.5 Å². The number of halogens is 7. The summed E-state index contributed by atoms with van der Waals surface area (Å²) in [6.45, 7) is 1.94. The van der Waals surface area contributed by atoms with Gasteiger partial charge in [-0.2, -0.15) is 31.4 Å². The second-order valence-corrected chi connectivity index (χ2v) is 11.6. The molecule has 0 saturated carbocycles. The van der Waals surface area contributed by atoms with Crippen molar-refractivity contribution in [2.45, 2.75) is 56.4 Å². The van der Waals surface area contributed by atoms with Crippen LogP contribution in [0.4, 0.5) is 30.7 Å². The highest BCUT2D eigenvalue weighted by Gasteiger charge is 2.48. The average molecular weight is 644 g/mol. The molecule has 3 aromatic carbocycles. The van der Waals surface area contributed by atoms with Crippen LogP contribution < -0.4 is 0 Å².